The van der Waals surface area contributed by atoms with Gasteiger partial charge in [0.05, 0.1) is 12.7 Å². The predicted octanol–water partition coefficient (Wildman–Crippen LogP) is 3.64. The van der Waals surface area contributed by atoms with Crippen LogP contribution in [0, 0.1) is 0 Å². The Morgan fingerprint density at radius 2 is 1.69 bits per heavy atom. The summed E-state index contributed by atoms with van der Waals surface area (Å²) in [6.45, 7) is 4.06. The lowest BCUT2D eigenvalue weighted by molar-refractivity contribution is -0.0390. The fourth-order valence-corrected chi connectivity index (χ4v) is 3.64. The van der Waals surface area contributed by atoms with Crippen molar-refractivity contribution in [2.45, 2.75) is 38.5 Å². The van der Waals surface area contributed by atoms with Gasteiger partial charge in [-0.1, -0.05) is 30.3 Å². The van der Waals surface area contributed by atoms with Crippen LogP contribution in [0.1, 0.15) is 29.5 Å². The molecule has 174 valence electrons. The van der Waals surface area contributed by atoms with Crippen LogP contribution in [0.25, 0.3) is 0 Å². The van der Waals surface area contributed by atoms with Gasteiger partial charge in [0, 0.05) is 33.4 Å². The second kappa shape index (κ2) is 12.9. The Morgan fingerprint density at radius 1 is 0.969 bits per heavy atom. The molecular weight excluding hydrogens is 521 g/mol. The van der Waals surface area contributed by atoms with E-state index in [4.69, 9.17) is 18.9 Å². The first kappa shape index (κ1) is 24.6. The maximum atomic E-state index is 5.99. The van der Waals surface area contributed by atoms with E-state index in [0.717, 1.165) is 56.5 Å². The van der Waals surface area contributed by atoms with E-state index in [9.17, 15) is 0 Å². The summed E-state index contributed by atoms with van der Waals surface area (Å²) in [5.41, 5.74) is 3.60. The second-order valence-electron chi connectivity index (χ2n) is 7.73. The monoisotopic (exact) mass is 553 g/mol. The Labute approximate surface area is 206 Å². The molecule has 7 nitrogen and oxygen atoms in total. The third-order valence-corrected chi connectivity index (χ3v) is 5.50. The van der Waals surface area contributed by atoms with Gasteiger partial charge in [-0.05, 0) is 48.1 Å². The maximum Gasteiger partial charge on any atom is 0.231 e. The van der Waals surface area contributed by atoms with Crippen LogP contribution < -0.4 is 20.1 Å². The average Bonchev–Trinajstić information content (AvgIpc) is 3.29. The molecule has 0 spiro atoms. The molecule has 2 aliphatic heterocycles. The number of hydrogen-bond donors (Lipinski definition) is 2. The zero-order valence-electron chi connectivity index (χ0n) is 18.5. The van der Waals surface area contributed by atoms with Gasteiger partial charge in [0.2, 0.25) is 6.79 Å². The van der Waals surface area contributed by atoms with E-state index >= 15 is 0 Å². The molecule has 2 heterocycles. The van der Waals surface area contributed by atoms with Crippen LogP contribution in [-0.2, 0) is 29.0 Å². The van der Waals surface area contributed by atoms with Crippen LogP contribution in [0.5, 0.6) is 11.5 Å². The molecule has 2 aromatic carbocycles. The first-order valence-electron chi connectivity index (χ1n) is 10.9. The lowest BCUT2D eigenvalue weighted by atomic mass is 10.1. The quantitative estimate of drug-likeness (QED) is 0.296. The average molecular weight is 553 g/mol. The summed E-state index contributed by atoms with van der Waals surface area (Å²) < 4.78 is 22.2. The van der Waals surface area contributed by atoms with Crippen LogP contribution in [-0.4, -0.2) is 45.7 Å². The highest BCUT2D eigenvalue weighted by molar-refractivity contribution is 14.0. The van der Waals surface area contributed by atoms with Gasteiger partial charge in [-0.15, -0.1) is 24.0 Å². The number of ether oxygens (including phenoxy) is 4. The molecule has 2 N–H and O–H groups in total. The first-order chi connectivity index (χ1) is 15.3. The summed E-state index contributed by atoms with van der Waals surface area (Å²) in [5, 5.41) is 6.73. The zero-order valence-corrected chi connectivity index (χ0v) is 20.8. The molecule has 0 amide bonds. The molecular formula is C24H32IN3O4. The van der Waals surface area contributed by atoms with E-state index in [1.807, 2.05) is 12.1 Å². The number of rotatable bonds is 8. The van der Waals surface area contributed by atoms with Gasteiger partial charge in [-0.2, -0.15) is 0 Å². The molecule has 0 radical (unpaired) electrons. The number of hydrogen-bond acceptors (Lipinski definition) is 5. The smallest absolute Gasteiger partial charge is 0.231 e. The van der Waals surface area contributed by atoms with Gasteiger partial charge < -0.3 is 29.6 Å². The van der Waals surface area contributed by atoms with Gasteiger partial charge in [0.25, 0.3) is 0 Å². The largest absolute Gasteiger partial charge is 0.454 e. The molecule has 4 rings (SSSR count). The lowest BCUT2D eigenvalue weighted by Gasteiger charge is -2.22. The summed E-state index contributed by atoms with van der Waals surface area (Å²) in [4.78, 5) is 4.31. The number of nitrogens with zero attached hydrogens (tertiary/aromatic N) is 1. The van der Waals surface area contributed by atoms with Crippen molar-refractivity contribution in [3.8, 4) is 11.5 Å². The Hall–Kier alpha value is -2.04. The Kier molecular flexibility index (Phi) is 9.89. The minimum atomic E-state index is 0. The van der Waals surface area contributed by atoms with E-state index in [-0.39, 0.29) is 24.0 Å². The maximum absolute atomic E-state index is 5.99. The molecule has 0 aromatic heterocycles. The van der Waals surface area contributed by atoms with Gasteiger partial charge in [-0.3, -0.25) is 4.99 Å². The molecule has 0 aliphatic carbocycles. The van der Waals surface area contributed by atoms with Crippen LogP contribution >= 0.6 is 24.0 Å². The molecule has 2 aromatic rings. The second-order valence-corrected chi connectivity index (χ2v) is 7.73. The third-order valence-electron chi connectivity index (χ3n) is 5.50. The molecule has 8 heteroatoms. The molecule has 1 fully saturated rings. The van der Waals surface area contributed by atoms with E-state index < -0.39 is 0 Å². The molecule has 0 bridgehead atoms. The zero-order chi connectivity index (χ0) is 21.3. The molecule has 32 heavy (non-hydrogen) atoms. The Balaban J connectivity index is 0.00000289. The molecule has 2 aliphatic rings. The number of aliphatic imine (C=N–C) groups is 1. The van der Waals surface area contributed by atoms with Crippen molar-refractivity contribution >= 4 is 29.9 Å². The fourth-order valence-electron chi connectivity index (χ4n) is 3.64. The molecule has 1 saturated heterocycles. The first-order valence-corrected chi connectivity index (χ1v) is 10.9. The van der Waals surface area contributed by atoms with Crippen LogP contribution in [0.15, 0.2) is 47.5 Å². The molecule has 0 saturated carbocycles. The normalized spacial score (nSPS) is 15.8. The van der Waals surface area contributed by atoms with Crippen LogP contribution in [0.2, 0.25) is 0 Å². The highest BCUT2D eigenvalue weighted by Gasteiger charge is 2.14. The van der Waals surface area contributed by atoms with Gasteiger partial charge in [0.1, 0.15) is 0 Å². The summed E-state index contributed by atoms with van der Waals surface area (Å²) in [6.07, 6.45) is 3.17. The number of guanidine groups is 1. The minimum absolute atomic E-state index is 0. The lowest BCUT2D eigenvalue weighted by Crippen LogP contribution is -2.37. The van der Waals surface area contributed by atoms with Crippen molar-refractivity contribution in [3.63, 3.8) is 0 Å². The van der Waals surface area contributed by atoms with Crippen molar-refractivity contribution in [1.82, 2.24) is 10.6 Å². The van der Waals surface area contributed by atoms with E-state index in [1.165, 1.54) is 16.7 Å². The van der Waals surface area contributed by atoms with E-state index in [0.29, 0.717) is 26.0 Å². The topological polar surface area (TPSA) is 73.3 Å². The van der Waals surface area contributed by atoms with Crippen LogP contribution in [0.4, 0.5) is 0 Å². The van der Waals surface area contributed by atoms with Gasteiger partial charge in [-0.25, -0.2) is 0 Å². The summed E-state index contributed by atoms with van der Waals surface area (Å²) >= 11 is 0. The molecule has 0 atom stereocenters. The van der Waals surface area contributed by atoms with E-state index in [2.05, 4.69) is 46.0 Å². The predicted molar refractivity (Wildman–Crippen MR) is 135 cm³/mol. The van der Waals surface area contributed by atoms with Crippen molar-refractivity contribution in [2.75, 3.05) is 33.6 Å². The SMILES string of the molecule is CN=C(NCCc1ccc2c(c1)OCO2)NCc1ccc(COC2CCOCC2)cc1.I. The number of halogens is 1. The third kappa shape index (κ3) is 7.25. The van der Waals surface area contributed by atoms with Crippen molar-refractivity contribution in [3.05, 3.63) is 59.2 Å². The number of fused-ring (bicyclic) bond motifs is 1. The van der Waals surface area contributed by atoms with Crippen LogP contribution in [0.3, 0.4) is 0 Å². The molecule has 0 unspecified atom stereocenters. The Morgan fingerprint density at radius 3 is 2.47 bits per heavy atom. The van der Waals surface area contributed by atoms with Crippen molar-refractivity contribution < 1.29 is 18.9 Å². The highest BCUT2D eigenvalue weighted by atomic mass is 127. The van der Waals surface area contributed by atoms with Crippen molar-refractivity contribution in [2.24, 2.45) is 4.99 Å². The summed E-state index contributed by atoms with van der Waals surface area (Å²) in [5.74, 6) is 2.42. The number of nitrogens with one attached hydrogen (secondary N) is 2. The standard InChI is InChI=1S/C24H31N3O4.HI/c1-25-24(26-11-8-18-6-7-22-23(14-18)31-17-30-22)27-15-19-2-4-20(5-3-19)16-29-21-9-12-28-13-10-21;/h2-7,14,21H,8-13,15-17H2,1H3,(H2,25,26,27);1H. The summed E-state index contributed by atoms with van der Waals surface area (Å²) in [6, 6.07) is 14.6. The van der Waals surface area contributed by atoms with Gasteiger partial charge >= 0.3 is 0 Å². The van der Waals surface area contributed by atoms with Crippen molar-refractivity contribution in [1.29, 1.82) is 0 Å². The van der Waals surface area contributed by atoms with E-state index in [1.54, 1.807) is 7.05 Å². The highest BCUT2D eigenvalue weighted by Crippen LogP contribution is 2.32. The Bertz CT molecular complexity index is 870. The fraction of sp³-hybridized carbons (Fsp3) is 0.458. The number of benzene rings is 2. The minimum Gasteiger partial charge on any atom is -0.454 e. The van der Waals surface area contributed by atoms with Gasteiger partial charge in [0.15, 0.2) is 17.5 Å². The summed E-state index contributed by atoms with van der Waals surface area (Å²) in [7, 11) is 1.78.